The summed E-state index contributed by atoms with van der Waals surface area (Å²) in [4.78, 5) is 28.2. The molecule has 1 amide bonds. The molecule has 0 unspecified atom stereocenters. The van der Waals surface area contributed by atoms with Gasteiger partial charge in [-0.25, -0.2) is 0 Å². The minimum Gasteiger partial charge on any atom is -0.382 e. The third kappa shape index (κ3) is 5.42. The minimum atomic E-state index is -0.197. The van der Waals surface area contributed by atoms with E-state index in [1.165, 1.54) is 12.8 Å². The number of nitrogens with one attached hydrogen (secondary N) is 3. The van der Waals surface area contributed by atoms with Crippen molar-refractivity contribution in [3.63, 3.8) is 0 Å². The average Bonchev–Trinajstić information content (AvgIpc) is 3.15. The Morgan fingerprint density at radius 2 is 1.90 bits per heavy atom. The number of aromatic amines is 1. The highest BCUT2D eigenvalue weighted by Crippen LogP contribution is 2.31. The lowest BCUT2D eigenvalue weighted by Gasteiger charge is -2.19. The standard InChI is InChI=1S/C24H30BrN3O2/c1-14(2)9-19-20(11-17(25)12-22(19)28-18-7-5-6-8-18)23(29)26-13-21-15(3)10-16(4)27-24(21)30/h9-12,18,28H,5-8,13H2,1-4H3,(H,26,29)(H,27,30). The summed E-state index contributed by atoms with van der Waals surface area (Å²) in [7, 11) is 0. The molecule has 30 heavy (non-hydrogen) atoms. The van der Waals surface area contributed by atoms with Gasteiger partial charge in [0.05, 0.1) is 0 Å². The molecule has 1 aromatic heterocycles. The van der Waals surface area contributed by atoms with Crippen LogP contribution >= 0.6 is 15.9 Å². The van der Waals surface area contributed by atoms with Crippen LogP contribution in [0.15, 0.2) is 33.0 Å². The summed E-state index contributed by atoms with van der Waals surface area (Å²) < 4.78 is 0.850. The first kappa shape index (κ1) is 22.3. The van der Waals surface area contributed by atoms with E-state index in [-0.39, 0.29) is 18.0 Å². The second-order valence-corrected chi connectivity index (χ2v) is 9.30. The molecular weight excluding hydrogens is 442 g/mol. The van der Waals surface area contributed by atoms with E-state index in [0.29, 0.717) is 17.2 Å². The molecule has 0 saturated heterocycles. The number of H-pyrrole nitrogens is 1. The second kappa shape index (κ2) is 9.65. The average molecular weight is 472 g/mol. The van der Waals surface area contributed by atoms with Gasteiger partial charge in [0, 0.05) is 45.1 Å². The van der Waals surface area contributed by atoms with Crippen molar-refractivity contribution in [2.45, 2.75) is 66.0 Å². The van der Waals surface area contributed by atoms with Crippen LogP contribution in [-0.4, -0.2) is 16.9 Å². The molecule has 0 aliphatic heterocycles. The minimum absolute atomic E-state index is 0.157. The van der Waals surface area contributed by atoms with Crippen LogP contribution in [0, 0.1) is 13.8 Å². The number of hydrogen-bond acceptors (Lipinski definition) is 3. The number of carbonyl (C=O) groups excluding carboxylic acids is 1. The SMILES string of the molecule is CC(C)=Cc1c(NC2CCCC2)cc(Br)cc1C(=O)NCc1c(C)cc(C)[nH]c1=O. The van der Waals surface area contributed by atoms with Crippen molar-refractivity contribution in [3.8, 4) is 0 Å². The maximum atomic E-state index is 13.2. The quantitative estimate of drug-likeness (QED) is 0.523. The van der Waals surface area contributed by atoms with Gasteiger partial charge in [-0.05, 0) is 64.3 Å². The molecule has 1 aliphatic rings. The Labute approximate surface area is 186 Å². The largest absolute Gasteiger partial charge is 0.382 e. The number of allylic oxidation sites excluding steroid dienone is 1. The first-order valence-electron chi connectivity index (χ1n) is 10.5. The molecule has 5 nitrogen and oxygen atoms in total. The Kier molecular flexibility index (Phi) is 7.19. The second-order valence-electron chi connectivity index (χ2n) is 8.39. The lowest BCUT2D eigenvalue weighted by molar-refractivity contribution is 0.0950. The van der Waals surface area contributed by atoms with Crippen LogP contribution in [0.25, 0.3) is 6.08 Å². The van der Waals surface area contributed by atoms with Crippen LogP contribution in [0.1, 0.15) is 72.3 Å². The topological polar surface area (TPSA) is 74.0 Å². The van der Waals surface area contributed by atoms with Crippen molar-refractivity contribution in [1.29, 1.82) is 0 Å². The van der Waals surface area contributed by atoms with E-state index in [0.717, 1.165) is 45.4 Å². The predicted molar refractivity (Wildman–Crippen MR) is 127 cm³/mol. The summed E-state index contributed by atoms with van der Waals surface area (Å²) in [6.07, 6.45) is 6.82. The third-order valence-corrected chi connectivity index (χ3v) is 5.91. The molecule has 2 aromatic rings. The number of pyridine rings is 1. The smallest absolute Gasteiger partial charge is 0.253 e. The highest BCUT2D eigenvalue weighted by atomic mass is 79.9. The van der Waals surface area contributed by atoms with Crippen molar-refractivity contribution in [2.24, 2.45) is 0 Å². The molecule has 1 aromatic carbocycles. The van der Waals surface area contributed by atoms with Crippen LogP contribution in [0.5, 0.6) is 0 Å². The molecule has 3 rings (SSSR count). The number of benzene rings is 1. The molecule has 1 fully saturated rings. The fourth-order valence-corrected chi connectivity index (χ4v) is 4.48. The normalized spacial score (nSPS) is 13.9. The van der Waals surface area contributed by atoms with Gasteiger partial charge in [-0.3, -0.25) is 9.59 Å². The zero-order valence-electron chi connectivity index (χ0n) is 18.1. The number of amides is 1. The Morgan fingerprint density at radius 3 is 2.53 bits per heavy atom. The zero-order valence-corrected chi connectivity index (χ0v) is 19.7. The number of hydrogen-bond donors (Lipinski definition) is 3. The lowest BCUT2D eigenvalue weighted by Crippen LogP contribution is -2.28. The Hall–Kier alpha value is -2.34. The number of aryl methyl sites for hydroxylation is 2. The van der Waals surface area contributed by atoms with E-state index in [2.05, 4.69) is 31.5 Å². The van der Waals surface area contributed by atoms with Gasteiger partial charge in [-0.15, -0.1) is 0 Å². The molecular formula is C24H30BrN3O2. The molecule has 6 heteroatoms. The van der Waals surface area contributed by atoms with Gasteiger partial charge in [0.25, 0.3) is 11.5 Å². The molecule has 0 bridgehead atoms. The van der Waals surface area contributed by atoms with Crippen molar-refractivity contribution in [3.05, 3.63) is 66.5 Å². The Balaban J connectivity index is 1.91. The van der Waals surface area contributed by atoms with Gasteiger partial charge in [0.1, 0.15) is 0 Å². The van der Waals surface area contributed by atoms with Crippen molar-refractivity contribution in [1.82, 2.24) is 10.3 Å². The first-order valence-corrected chi connectivity index (χ1v) is 11.3. The summed E-state index contributed by atoms with van der Waals surface area (Å²) in [5.74, 6) is -0.197. The molecule has 1 aliphatic carbocycles. The van der Waals surface area contributed by atoms with Crippen LogP contribution in [0.2, 0.25) is 0 Å². The van der Waals surface area contributed by atoms with Crippen molar-refractivity contribution in [2.75, 3.05) is 5.32 Å². The van der Waals surface area contributed by atoms with E-state index in [9.17, 15) is 9.59 Å². The first-order chi connectivity index (χ1) is 14.2. The molecule has 160 valence electrons. The van der Waals surface area contributed by atoms with E-state index >= 15 is 0 Å². The summed E-state index contributed by atoms with van der Waals surface area (Å²) in [5.41, 5.74) is 5.67. The van der Waals surface area contributed by atoms with Gasteiger partial charge >= 0.3 is 0 Å². The molecule has 0 spiro atoms. The van der Waals surface area contributed by atoms with Gasteiger partial charge in [-0.1, -0.05) is 40.4 Å². The van der Waals surface area contributed by atoms with Crippen molar-refractivity contribution >= 4 is 33.6 Å². The van der Waals surface area contributed by atoms with Gasteiger partial charge in [0.15, 0.2) is 0 Å². The van der Waals surface area contributed by atoms with Gasteiger partial charge in [-0.2, -0.15) is 0 Å². The fraction of sp³-hybridized carbons (Fsp3) is 0.417. The summed E-state index contributed by atoms with van der Waals surface area (Å²) >= 11 is 3.56. The summed E-state index contributed by atoms with van der Waals surface area (Å²) in [6, 6.07) is 6.24. The van der Waals surface area contributed by atoms with Gasteiger partial charge < -0.3 is 15.6 Å². The van der Waals surface area contributed by atoms with Crippen LogP contribution < -0.4 is 16.2 Å². The zero-order chi connectivity index (χ0) is 21.8. The number of carbonyl (C=O) groups is 1. The number of rotatable bonds is 6. The summed E-state index contributed by atoms with van der Waals surface area (Å²) in [6.45, 7) is 7.98. The van der Waals surface area contributed by atoms with Crippen LogP contribution in [-0.2, 0) is 6.54 Å². The molecule has 1 heterocycles. The maximum Gasteiger partial charge on any atom is 0.253 e. The fourth-order valence-electron chi connectivity index (χ4n) is 4.02. The monoisotopic (exact) mass is 471 g/mol. The van der Waals surface area contributed by atoms with E-state index < -0.39 is 0 Å². The Morgan fingerprint density at radius 1 is 1.20 bits per heavy atom. The van der Waals surface area contributed by atoms with E-state index in [1.807, 2.05) is 52.0 Å². The van der Waals surface area contributed by atoms with E-state index in [1.54, 1.807) is 0 Å². The highest BCUT2D eigenvalue weighted by Gasteiger charge is 2.20. The van der Waals surface area contributed by atoms with Gasteiger partial charge in [0.2, 0.25) is 0 Å². The predicted octanol–water partition coefficient (Wildman–Crippen LogP) is 5.46. The molecule has 1 saturated carbocycles. The third-order valence-electron chi connectivity index (χ3n) is 5.46. The van der Waals surface area contributed by atoms with Crippen molar-refractivity contribution < 1.29 is 4.79 Å². The van der Waals surface area contributed by atoms with Crippen LogP contribution in [0.3, 0.4) is 0 Å². The molecule has 0 atom stereocenters. The maximum absolute atomic E-state index is 13.2. The molecule has 0 radical (unpaired) electrons. The number of halogens is 1. The van der Waals surface area contributed by atoms with Crippen LogP contribution in [0.4, 0.5) is 5.69 Å². The number of aromatic nitrogens is 1. The van der Waals surface area contributed by atoms with E-state index in [4.69, 9.17) is 0 Å². The summed E-state index contributed by atoms with van der Waals surface area (Å²) in [5, 5.41) is 6.58. The lowest BCUT2D eigenvalue weighted by atomic mass is 10.0. The molecule has 3 N–H and O–H groups in total. The Bertz CT molecular complexity index is 1030. The highest BCUT2D eigenvalue weighted by molar-refractivity contribution is 9.10. The number of anilines is 1.